The Kier molecular flexibility index (Phi) is 6.78. The van der Waals surface area contributed by atoms with Crippen molar-refractivity contribution in [1.29, 1.82) is 0 Å². The normalized spacial score (nSPS) is 29.6. The second-order valence-electron chi connectivity index (χ2n) is 7.29. The molecule has 2 fully saturated rings. The molecule has 3 rings (SSSR count). The molecule has 158 valence electrons. The first-order valence-electron chi connectivity index (χ1n) is 9.31. The smallest absolute Gasteiger partial charge is 0.221 e. The van der Waals surface area contributed by atoms with Crippen molar-refractivity contribution < 1.29 is 23.5 Å². The van der Waals surface area contributed by atoms with Gasteiger partial charge < -0.3 is 30.4 Å². The summed E-state index contributed by atoms with van der Waals surface area (Å²) in [5.41, 5.74) is 6.24. The third-order valence-corrected chi connectivity index (χ3v) is 6.29. The van der Waals surface area contributed by atoms with E-state index in [-0.39, 0.29) is 53.6 Å². The number of nitrogens with two attached hydrogens (primary N) is 1. The molecule has 1 saturated carbocycles. The molecule has 0 radical (unpaired) electrons. The summed E-state index contributed by atoms with van der Waals surface area (Å²) in [6.45, 7) is 5.75. The van der Waals surface area contributed by atoms with Crippen molar-refractivity contribution >= 4 is 33.9 Å². The topological polar surface area (TPSA) is 129 Å². The second-order valence-corrected chi connectivity index (χ2v) is 9.12. The molecule has 5 atom stereocenters. The van der Waals surface area contributed by atoms with Crippen LogP contribution in [0.15, 0.2) is 5.16 Å². The summed E-state index contributed by atoms with van der Waals surface area (Å²) in [4.78, 5) is 8.40. The van der Waals surface area contributed by atoms with E-state index in [0.29, 0.717) is 18.0 Å². The van der Waals surface area contributed by atoms with E-state index in [0.717, 1.165) is 6.42 Å². The van der Waals surface area contributed by atoms with Crippen LogP contribution in [-0.4, -0.2) is 68.4 Å². The molecule has 1 aromatic rings. The Hall–Kier alpha value is -1.04. The maximum atomic E-state index is 12.3. The number of fused-ring (bicyclic) bond motifs is 1. The van der Waals surface area contributed by atoms with Gasteiger partial charge in [0.15, 0.2) is 16.8 Å². The monoisotopic (exact) mass is 434 g/mol. The van der Waals surface area contributed by atoms with Gasteiger partial charge in [-0.2, -0.15) is 0 Å². The van der Waals surface area contributed by atoms with Crippen LogP contribution in [0.4, 0.5) is 11.5 Å². The molecule has 4 N–H and O–H groups in total. The third-order valence-electron chi connectivity index (χ3n) is 4.63. The number of anilines is 2. The highest BCUT2D eigenvalue weighted by atomic mass is 35.5. The van der Waals surface area contributed by atoms with E-state index in [2.05, 4.69) is 15.3 Å². The van der Waals surface area contributed by atoms with E-state index in [1.165, 1.54) is 0 Å². The number of halogens is 1. The van der Waals surface area contributed by atoms with Crippen molar-refractivity contribution in [2.75, 3.05) is 30.0 Å². The summed E-state index contributed by atoms with van der Waals surface area (Å²) in [5, 5.41) is 12.5. The molecule has 2 heterocycles. The van der Waals surface area contributed by atoms with E-state index in [4.69, 9.17) is 36.7 Å². The predicted octanol–water partition coefficient (Wildman–Crippen LogP) is 1.31. The van der Waals surface area contributed by atoms with Crippen LogP contribution in [0.1, 0.15) is 33.6 Å². The minimum Gasteiger partial charge on any atom is -0.394 e. The third kappa shape index (κ3) is 4.58. The highest BCUT2D eigenvalue weighted by Crippen LogP contribution is 2.41. The summed E-state index contributed by atoms with van der Waals surface area (Å²) < 4.78 is 30.1. The van der Waals surface area contributed by atoms with Gasteiger partial charge in [0.1, 0.15) is 17.9 Å². The van der Waals surface area contributed by atoms with Crippen molar-refractivity contribution in [2.45, 2.75) is 68.9 Å². The molecule has 1 aliphatic carbocycles. The largest absolute Gasteiger partial charge is 0.394 e. The predicted molar refractivity (Wildman–Crippen MR) is 106 cm³/mol. The van der Waals surface area contributed by atoms with Crippen LogP contribution >= 0.6 is 11.6 Å². The molecule has 0 aromatic carbocycles. The molecule has 1 aliphatic heterocycles. The summed E-state index contributed by atoms with van der Waals surface area (Å²) in [7, 11) is -1.35. The zero-order valence-corrected chi connectivity index (χ0v) is 17.8. The first-order chi connectivity index (χ1) is 13.3. The van der Waals surface area contributed by atoms with E-state index in [1.54, 1.807) is 0 Å². The fourth-order valence-electron chi connectivity index (χ4n) is 3.53. The molecule has 1 unspecified atom stereocenters. The highest BCUT2D eigenvalue weighted by Gasteiger charge is 2.54. The lowest BCUT2D eigenvalue weighted by molar-refractivity contribution is -0.167. The van der Waals surface area contributed by atoms with Gasteiger partial charge in [-0.05, 0) is 26.7 Å². The van der Waals surface area contributed by atoms with Crippen molar-refractivity contribution in [3.8, 4) is 0 Å². The van der Waals surface area contributed by atoms with E-state index >= 15 is 0 Å². The SMILES string of the molecule is CCCS(=O)c1nc(Cl)c(N)c(N[C@H]2C[C@@H](OCCO)[C@@H]3OC(C)(C)O[C@@H]32)n1. The molecule has 0 amide bonds. The lowest BCUT2D eigenvalue weighted by Gasteiger charge is -2.24. The molecule has 9 nitrogen and oxygen atoms in total. The molecular weight excluding hydrogens is 408 g/mol. The molecule has 0 spiro atoms. The zero-order chi connectivity index (χ0) is 20.5. The number of aliphatic hydroxyl groups excluding tert-OH is 1. The minimum atomic E-state index is -1.35. The number of ether oxygens (including phenoxy) is 3. The fraction of sp³-hybridized carbons (Fsp3) is 0.765. The van der Waals surface area contributed by atoms with Gasteiger partial charge in [-0.1, -0.05) is 18.5 Å². The molecule has 2 aliphatic rings. The van der Waals surface area contributed by atoms with Crippen molar-refractivity contribution in [1.82, 2.24) is 9.97 Å². The number of nitrogens with zero attached hydrogens (tertiary/aromatic N) is 2. The Morgan fingerprint density at radius 1 is 1.39 bits per heavy atom. The quantitative estimate of drug-likeness (QED) is 0.409. The fourth-order valence-corrected chi connectivity index (χ4v) is 4.69. The average Bonchev–Trinajstić information content (AvgIpc) is 3.11. The summed E-state index contributed by atoms with van der Waals surface area (Å²) in [6.07, 6.45) is 0.475. The Bertz CT molecular complexity index is 738. The second kappa shape index (κ2) is 8.76. The van der Waals surface area contributed by atoms with Gasteiger partial charge in [-0.25, -0.2) is 9.97 Å². The molecule has 28 heavy (non-hydrogen) atoms. The van der Waals surface area contributed by atoms with Crippen molar-refractivity contribution in [2.24, 2.45) is 0 Å². The molecule has 1 saturated heterocycles. The summed E-state index contributed by atoms with van der Waals surface area (Å²) >= 11 is 6.14. The first kappa shape index (κ1) is 21.7. The number of nitrogens with one attached hydrogen (secondary N) is 1. The number of aromatic nitrogens is 2. The van der Waals surface area contributed by atoms with Gasteiger partial charge >= 0.3 is 0 Å². The Morgan fingerprint density at radius 2 is 2.11 bits per heavy atom. The van der Waals surface area contributed by atoms with E-state index < -0.39 is 16.6 Å². The van der Waals surface area contributed by atoms with Crippen LogP contribution in [0, 0.1) is 0 Å². The Balaban J connectivity index is 1.83. The minimum absolute atomic E-state index is 0.0588. The number of nitrogen functional groups attached to an aromatic ring is 1. The van der Waals surface area contributed by atoms with Gasteiger partial charge in [0.05, 0.1) is 36.2 Å². The van der Waals surface area contributed by atoms with Gasteiger partial charge in [0.2, 0.25) is 5.16 Å². The summed E-state index contributed by atoms with van der Waals surface area (Å²) in [5.74, 6) is 0.00848. The van der Waals surface area contributed by atoms with Crippen molar-refractivity contribution in [3.05, 3.63) is 5.15 Å². The molecular formula is C17H27ClN4O5S. The average molecular weight is 435 g/mol. The van der Waals surface area contributed by atoms with E-state index in [9.17, 15) is 4.21 Å². The first-order valence-corrected chi connectivity index (χ1v) is 11.0. The maximum absolute atomic E-state index is 12.3. The number of aliphatic hydroxyl groups is 1. The zero-order valence-electron chi connectivity index (χ0n) is 16.2. The lowest BCUT2D eigenvalue weighted by atomic mass is 10.2. The van der Waals surface area contributed by atoms with Crippen LogP contribution in [0.5, 0.6) is 0 Å². The molecule has 11 heteroatoms. The van der Waals surface area contributed by atoms with Gasteiger partial charge in [0.25, 0.3) is 0 Å². The van der Waals surface area contributed by atoms with Gasteiger partial charge in [0, 0.05) is 5.75 Å². The number of rotatable bonds is 8. The Labute approximate surface area is 171 Å². The number of hydrogen-bond donors (Lipinski definition) is 3. The molecule has 0 bridgehead atoms. The van der Waals surface area contributed by atoms with Gasteiger partial charge in [-0.15, -0.1) is 0 Å². The van der Waals surface area contributed by atoms with Crippen LogP contribution in [-0.2, 0) is 25.0 Å². The van der Waals surface area contributed by atoms with Crippen LogP contribution < -0.4 is 11.1 Å². The Morgan fingerprint density at radius 3 is 2.79 bits per heavy atom. The highest BCUT2D eigenvalue weighted by molar-refractivity contribution is 7.84. The van der Waals surface area contributed by atoms with Crippen LogP contribution in [0.25, 0.3) is 0 Å². The maximum Gasteiger partial charge on any atom is 0.221 e. The van der Waals surface area contributed by atoms with Crippen LogP contribution in [0.3, 0.4) is 0 Å². The lowest BCUT2D eigenvalue weighted by Crippen LogP contribution is -2.35. The van der Waals surface area contributed by atoms with Gasteiger partial charge in [-0.3, -0.25) is 4.21 Å². The molecule has 1 aromatic heterocycles. The van der Waals surface area contributed by atoms with Crippen molar-refractivity contribution in [3.63, 3.8) is 0 Å². The van der Waals surface area contributed by atoms with Crippen LogP contribution in [0.2, 0.25) is 5.15 Å². The standard InChI is InChI=1S/C17H27ClN4O5S/c1-4-7-28(24)16-21-14(18)11(19)15(22-16)20-9-8-10(25-6-5-23)13-12(9)26-17(2,3)27-13/h9-10,12-13,23H,4-8,19H2,1-3H3,(H,20,21,22)/t9-,10+,12+,13-,28?/m0/s1. The van der Waals surface area contributed by atoms with E-state index in [1.807, 2.05) is 20.8 Å². The summed E-state index contributed by atoms with van der Waals surface area (Å²) in [6, 6.07) is -0.212. The number of hydrogen-bond acceptors (Lipinski definition) is 9.